The van der Waals surface area contributed by atoms with Gasteiger partial charge in [-0.25, -0.2) is 0 Å². The van der Waals surface area contributed by atoms with Crippen LogP contribution in [0.25, 0.3) is 0 Å². The molecule has 0 saturated carbocycles. The molecule has 74 valence electrons. The Kier molecular flexibility index (Phi) is 2.98. The van der Waals surface area contributed by atoms with Gasteiger partial charge in [0.2, 0.25) is 0 Å². The Hall–Kier alpha value is -0.0800. The molecule has 0 aliphatic carbocycles. The highest BCUT2D eigenvalue weighted by Crippen LogP contribution is 2.35. The molecular formula is C10H23NO. The van der Waals surface area contributed by atoms with Gasteiger partial charge in [-0.1, -0.05) is 41.5 Å². The first-order valence-electron chi connectivity index (χ1n) is 4.47. The quantitative estimate of drug-likeness (QED) is 0.597. The lowest BCUT2D eigenvalue weighted by Gasteiger charge is -2.40. The summed E-state index contributed by atoms with van der Waals surface area (Å²) >= 11 is 0. The molecule has 0 aliphatic rings. The lowest BCUT2D eigenvalue weighted by Crippen LogP contribution is -2.53. The van der Waals surface area contributed by atoms with Gasteiger partial charge in [-0.2, -0.15) is 0 Å². The van der Waals surface area contributed by atoms with E-state index in [9.17, 15) is 5.11 Å². The van der Waals surface area contributed by atoms with Crippen molar-refractivity contribution in [2.24, 2.45) is 16.6 Å². The maximum atomic E-state index is 9.96. The highest BCUT2D eigenvalue weighted by atomic mass is 16.3. The van der Waals surface area contributed by atoms with Gasteiger partial charge in [-0.15, -0.1) is 0 Å². The van der Waals surface area contributed by atoms with Gasteiger partial charge in [0.15, 0.2) is 0 Å². The highest BCUT2D eigenvalue weighted by Gasteiger charge is 2.38. The summed E-state index contributed by atoms with van der Waals surface area (Å²) in [5, 5.41) is 9.96. The molecule has 0 spiro atoms. The van der Waals surface area contributed by atoms with Gasteiger partial charge < -0.3 is 10.8 Å². The fourth-order valence-electron chi connectivity index (χ4n) is 1.07. The molecular weight excluding hydrogens is 150 g/mol. The molecule has 3 N–H and O–H groups in total. The number of aliphatic hydroxyl groups is 1. The summed E-state index contributed by atoms with van der Waals surface area (Å²) in [6.45, 7) is 12.1. The number of hydrogen-bond acceptors (Lipinski definition) is 2. The van der Waals surface area contributed by atoms with E-state index >= 15 is 0 Å². The Morgan fingerprint density at radius 1 is 1.00 bits per heavy atom. The van der Waals surface area contributed by atoms with E-state index in [1.807, 2.05) is 20.8 Å². The normalized spacial score (nSPS) is 19.0. The molecule has 0 bridgehead atoms. The third-order valence-corrected chi connectivity index (χ3v) is 2.10. The van der Waals surface area contributed by atoms with Crippen molar-refractivity contribution in [2.45, 2.75) is 53.7 Å². The molecule has 2 heteroatoms. The molecule has 12 heavy (non-hydrogen) atoms. The van der Waals surface area contributed by atoms with Gasteiger partial charge in [-0.3, -0.25) is 0 Å². The fourth-order valence-corrected chi connectivity index (χ4v) is 1.07. The smallest absolute Gasteiger partial charge is 0.118 e. The van der Waals surface area contributed by atoms with Crippen LogP contribution in [0.3, 0.4) is 0 Å². The van der Waals surface area contributed by atoms with Gasteiger partial charge in [0.25, 0.3) is 0 Å². The van der Waals surface area contributed by atoms with Gasteiger partial charge in [0.1, 0.15) is 5.72 Å². The molecule has 0 amide bonds. The zero-order chi connectivity index (χ0) is 10.2. The van der Waals surface area contributed by atoms with Crippen LogP contribution in [0.1, 0.15) is 48.0 Å². The Morgan fingerprint density at radius 3 is 1.42 bits per heavy atom. The van der Waals surface area contributed by atoms with E-state index < -0.39 is 5.72 Å². The Bertz CT molecular complexity index is 148. The molecule has 0 rings (SSSR count). The standard InChI is InChI=1S/C10H23NO/c1-8(2,3)7-10(11,12)9(4,5)6/h12H,7,11H2,1-6H3. The minimum Gasteiger partial charge on any atom is -0.376 e. The molecule has 0 aromatic rings. The molecule has 0 aromatic heterocycles. The first-order chi connectivity index (χ1) is 4.96. The van der Waals surface area contributed by atoms with Crippen LogP contribution in [0, 0.1) is 10.8 Å². The average molecular weight is 173 g/mol. The fraction of sp³-hybridized carbons (Fsp3) is 1.00. The summed E-state index contributed by atoms with van der Waals surface area (Å²) in [6, 6.07) is 0. The minimum absolute atomic E-state index is 0.0662. The number of rotatable bonds is 1. The Morgan fingerprint density at radius 2 is 1.33 bits per heavy atom. The van der Waals surface area contributed by atoms with E-state index in [0.717, 1.165) is 0 Å². The summed E-state index contributed by atoms with van der Waals surface area (Å²) in [5.41, 5.74) is 4.56. The van der Waals surface area contributed by atoms with E-state index in [-0.39, 0.29) is 10.8 Å². The van der Waals surface area contributed by atoms with E-state index in [0.29, 0.717) is 6.42 Å². The molecule has 0 radical (unpaired) electrons. The summed E-state index contributed by atoms with van der Waals surface area (Å²) in [6.07, 6.45) is 0.615. The van der Waals surface area contributed by atoms with Crippen LogP contribution < -0.4 is 5.73 Å². The Labute approximate surface area is 76.2 Å². The first-order valence-corrected chi connectivity index (χ1v) is 4.47. The van der Waals surface area contributed by atoms with Crippen LogP contribution in [0.4, 0.5) is 0 Å². The highest BCUT2D eigenvalue weighted by molar-refractivity contribution is 4.88. The van der Waals surface area contributed by atoms with Crippen LogP contribution in [0.2, 0.25) is 0 Å². The largest absolute Gasteiger partial charge is 0.376 e. The molecule has 0 aromatic carbocycles. The molecule has 1 atom stereocenters. The second kappa shape index (κ2) is 3.00. The van der Waals surface area contributed by atoms with Crippen molar-refractivity contribution in [1.29, 1.82) is 0 Å². The van der Waals surface area contributed by atoms with Gasteiger partial charge >= 0.3 is 0 Å². The van der Waals surface area contributed by atoms with E-state index in [1.54, 1.807) is 0 Å². The summed E-state index contributed by atoms with van der Waals surface area (Å²) in [5.74, 6) is 0. The number of hydrogen-bond donors (Lipinski definition) is 2. The van der Waals surface area contributed by atoms with Crippen molar-refractivity contribution in [3.05, 3.63) is 0 Å². The molecule has 1 unspecified atom stereocenters. The van der Waals surface area contributed by atoms with Gasteiger partial charge in [0, 0.05) is 5.41 Å². The Balaban J connectivity index is 4.44. The van der Waals surface area contributed by atoms with Crippen LogP contribution in [0.15, 0.2) is 0 Å². The molecule has 2 nitrogen and oxygen atoms in total. The maximum Gasteiger partial charge on any atom is 0.118 e. The predicted molar refractivity (Wildman–Crippen MR) is 52.7 cm³/mol. The van der Waals surface area contributed by atoms with Crippen molar-refractivity contribution in [1.82, 2.24) is 0 Å². The third kappa shape index (κ3) is 3.55. The van der Waals surface area contributed by atoms with Crippen LogP contribution in [-0.4, -0.2) is 10.8 Å². The van der Waals surface area contributed by atoms with Crippen molar-refractivity contribution >= 4 is 0 Å². The lowest BCUT2D eigenvalue weighted by molar-refractivity contribution is -0.0800. The lowest BCUT2D eigenvalue weighted by atomic mass is 9.74. The molecule has 0 fully saturated rings. The third-order valence-electron chi connectivity index (χ3n) is 2.10. The average Bonchev–Trinajstić information content (AvgIpc) is 1.52. The maximum absolute atomic E-state index is 9.96. The van der Waals surface area contributed by atoms with E-state index in [4.69, 9.17) is 5.73 Å². The van der Waals surface area contributed by atoms with Crippen molar-refractivity contribution in [2.75, 3.05) is 0 Å². The van der Waals surface area contributed by atoms with Crippen LogP contribution in [0.5, 0.6) is 0 Å². The molecule has 0 heterocycles. The number of nitrogens with two attached hydrogens (primary N) is 1. The van der Waals surface area contributed by atoms with Gasteiger partial charge in [-0.05, 0) is 11.8 Å². The van der Waals surface area contributed by atoms with Crippen molar-refractivity contribution in [3.63, 3.8) is 0 Å². The SMILES string of the molecule is CC(C)(C)CC(N)(O)C(C)(C)C. The summed E-state index contributed by atoms with van der Waals surface area (Å²) in [7, 11) is 0. The zero-order valence-corrected chi connectivity index (χ0v) is 9.23. The monoisotopic (exact) mass is 173 g/mol. The van der Waals surface area contributed by atoms with E-state index in [1.165, 1.54) is 0 Å². The molecule has 0 aliphatic heterocycles. The first kappa shape index (κ1) is 11.9. The van der Waals surface area contributed by atoms with Crippen molar-refractivity contribution < 1.29 is 5.11 Å². The summed E-state index contributed by atoms with van der Waals surface area (Å²) in [4.78, 5) is 0. The van der Waals surface area contributed by atoms with Crippen LogP contribution >= 0.6 is 0 Å². The second-order valence-electron chi connectivity index (χ2n) is 5.91. The topological polar surface area (TPSA) is 46.2 Å². The minimum atomic E-state index is -1.08. The van der Waals surface area contributed by atoms with Gasteiger partial charge in [0.05, 0.1) is 0 Å². The van der Waals surface area contributed by atoms with Crippen molar-refractivity contribution in [3.8, 4) is 0 Å². The second-order valence-corrected chi connectivity index (χ2v) is 5.91. The summed E-state index contributed by atoms with van der Waals surface area (Å²) < 4.78 is 0. The predicted octanol–water partition coefficient (Wildman–Crippen LogP) is 2.12. The zero-order valence-electron chi connectivity index (χ0n) is 9.23. The molecule has 0 saturated heterocycles. The van der Waals surface area contributed by atoms with E-state index in [2.05, 4.69) is 20.8 Å². The van der Waals surface area contributed by atoms with Crippen LogP contribution in [-0.2, 0) is 0 Å².